The average molecular weight is 818 g/mol. The summed E-state index contributed by atoms with van der Waals surface area (Å²) < 4.78 is 2.51. The Balaban J connectivity index is 1.35. The Bertz CT molecular complexity index is 3100. The lowest BCUT2D eigenvalue weighted by atomic mass is 9.87. The van der Waals surface area contributed by atoms with Crippen LogP contribution in [0.3, 0.4) is 0 Å². The molecule has 10 aromatic rings. The van der Waals surface area contributed by atoms with Crippen LogP contribution in [0.15, 0.2) is 188 Å². The molecule has 3 heteroatoms. The van der Waals surface area contributed by atoms with Crippen LogP contribution in [0, 0.1) is 13.8 Å². The molecule has 310 valence electrons. The number of hydrogen-bond donors (Lipinski definition) is 0. The lowest BCUT2D eigenvalue weighted by Crippen LogP contribution is -2.14. The van der Waals surface area contributed by atoms with Gasteiger partial charge in [-0.1, -0.05) is 169 Å². The van der Waals surface area contributed by atoms with E-state index < -0.39 is 0 Å². The van der Waals surface area contributed by atoms with Gasteiger partial charge in [-0.25, -0.2) is 0 Å². The summed E-state index contributed by atoms with van der Waals surface area (Å²) in [6.45, 7) is 18.1. The van der Waals surface area contributed by atoms with E-state index in [1.165, 1.54) is 54.6 Å². The molecule has 9 aromatic carbocycles. The van der Waals surface area contributed by atoms with Crippen LogP contribution in [-0.2, 0) is 10.8 Å². The number of hydrogen-bond acceptors (Lipinski definition) is 2. The third-order valence-electron chi connectivity index (χ3n) is 12.9. The summed E-state index contributed by atoms with van der Waals surface area (Å²) in [7, 11) is 0. The van der Waals surface area contributed by atoms with Gasteiger partial charge in [-0.15, -0.1) is 0 Å². The Hall–Kier alpha value is -7.10. The second-order valence-electron chi connectivity index (χ2n) is 19.2. The number of aromatic nitrogens is 1. The molecule has 1 aromatic heterocycles. The molecule has 0 radical (unpaired) electrons. The molecule has 0 amide bonds. The van der Waals surface area contributed by atoms with E-state index in [0.29, 0.717) is 0 Å². The number of para-hydroxylation sites is 3. The van der Waals surface area contributed by atoms with Crippen molar-refractivity contribution in [3.05, 3.63) is 210 Å². The van der Waals surface area contributed by atoms with Gasteiger partial charge in [-0.3, -0.25) is 0 Å². The summed E-state index contributed by atoms with van der Waals surface area (Å²) in [4.78, 5) is 4.95. The first-order valence-electron chi connectivity index (χ1n) is 22.3. The number of benzene rings is 9. The molecule has 0 saturated carbocycles. The Labute approximate surface area is 372 Å². The van der Waals surface area contributed by atoms with Gasteiger partial charge in [0, 0.05) is 50.0 Å². The maximum absolute atomic E-state index is 2.51. The number of anilines is 6. The van der Waals surface area contributed by atoms with E-state index in [0.717, 1.165) is 50.8 Å². The van der Waals surface area contributed by atoms with Crippen molar-refractivity contribution < 1.29 is 0 Å². The predicted molar refractivity (Wildman–Crippen MR) is 272 cm³/mol. The van der Waals surface area contributed by atoms with Gasteiger partial charge in [-0.05, 0) is 118 Å². The van der Waals surface area contributed by atoms with Gasteiger partial charge in [0.15, 0.2) is 0 Å². The van der Waals surface area contributed by atoms with Crippen LogP contribution in [0.4, 0.5) is 34.1 Å². The van der Waals surface area contributed by atoms with Crippen LogP contribution in [0.5, 0.6) is 0 Å². The van der Waals surface area contributed by atoms with E-state index in [2.05, 4.69) is 258 Å². The summed E-state index contributed by atoms with van der Waals surface area (Å²) in [6.07, 6.45) is 0. The molecular formula is C60H55N3. The van der Waals surface area contributed by atoms with Crippen molar-refractivity contribution in [3.63, 3.8) is 0 Å². The zero-order valence-corrected chi connectivity index (χ0v) is 37.7. The molecule has 0 spiro atoms. The largest absolute Gasteiger partial charge is 0.310 e. The Morgan fingerprint density at radius 2 is 0.698 bits per heavy atom. The molecule has 1 heterocycles. The van der Waals surface area contributed by atoms with Gasteiger partial charge >= 0.3 is 0 Å². The van der Waals surface area contributed by atoms with Crippen LogP contribution in [0.1, 0.15) is 63.8 Å². The fourth-order valence-electron chi connectivity index (χ4n) is 9.58. The Kier molecular flexibility index (Phi) is 9.75. The molecule has 0 atom stereocenters. The Morgan fingerprint density at radius 3 is 1.08 bits per heavy atom. The minimum Gasteiger partial charge on any atom is -0.310 e. The molecule has 10 rings (SSSR count). The molecule has 0 aliphatic heterocycles. The van der Waals surface area contributed by atoms with E-state index in [1.807, 2.05) is 0 Å². The van der Waals surface area contributed by atoms with Crippen molar-refractivity contribution in [1.82, 2.24) is 4.57 Å². The van der Waals surface area contributed by atoms with Gasteiger partial charge in [0.25, 0.3) is 0 Å². The van der Waals surface area contributed by atoms with Crippen molar-refractivity contribution in [2.24, 2.45) is 0 Å². The van der Waals surface area contributed by atoms with E-state index in [-0.39, 0.29) is 10.8 Å². The van der Waals surface area contributed by atoms with E-state index in [9.17, 15) is 0 Å². The fraction of sp³-hybridized carbons (Fsp3) is 0.167. The molecule has 0 N–H and O–H groups in total. The first-order chi connectivity index (χ1) is 30.4. The molecule has 0 aliphatic carbocycles. The van der Waals surface area contributed by atoms with E-state index in [4.69, 9.17) is 0 Å². The maximum atomic E-state index is 2.51. The number of fused-ring (bicyclic) bond motifs is 7. The van der Waals surface area contributed by atoms with Crippen molar-refractivity contribution in [3.8, 4) is 5.69 Å². The SMILES string of the molecule is Cc1ccccc1N(c1ccc(C(C)(C)C)cc1)c1cc2c(c3ccccc13)c1c3ccccc3c(N(c3ccc(C(C)(C)C)cc3)c3ccccc3C)cc1n2-c1ccccc1. The topological polar surface area (TPSA) is 11.4 Å². The molecule has 0 unspecified atom stereocenters. The number of nitrogens with zero attached hydrogens (tertiary/aromatic N) is 3. The third kappa shape index (κ3) is 6.93. The zero-order chi connectivity index (χ0) is 43.6. The summed E-state index contributed by atoms with van der Waals surface area (Å²) >= 11 is 0. The molecular weight excluding hydrogens is 763 g/mol. The van der Waals surface area contributed by atoms with Crippen LogP contribution >= 0.6 is 0 Å². The van der Waals surface area contributed by atoms with Crippen LogP contribution in [0.2, 0.25) is 0 Å². The minimum atomic E-state index is 0.0422. The van der Waals surface area contributed by atoms with E-state index >= 15 is 0 Å². The monoisotopic (exact) mass is 817 g/mol. The predicted octanol–water partition coefficient (Wildman–Crippen LogP) is 17.2. The van der Waals surface area contributed by atoms with Gasteiger partial charge in [0.2, 0.25) is 0 Å². The summed E-state index contributed by atoms with van der Waals surface area (Å²) in [5.41, 5.74) is 15.4. The van der Waals surface area contributed by atoms with Gasteiger partial charge in [0.1, 0.15) is 0 Å². The molecule has 0 aliphatic rings. The van der Waals surface area contributed by atoms with Crippen LogP contribution in [-0.4, -0.2) is 4.57 Å². The Morgan fingerprint density at radius 1 is 0.349 bits per heavy atom. The minimum absolute atomic E-state index is 0.0422. The van der Waals surface area contributed by atoms with Crippen molar-refractivity contribution in [1.29, 1.82) is 0 Å². The highest BCUT2D eigenvalue weighted by Gasteiger charge is 2.27. The van der Waals surface area contributed by atoms with E-state index in [1.54, 1.807) is 0 Å². The molecule has 0 bridgehead atoms. The first-order valence-corrected chi connectivity index (χ1v) is 22.3. The fourth-order valence-corrected chi connectivity index (χ4v) is 9.58. The van der Waals surface area contributed by atoms with Crippen LogP contribution in [0.25, 0.3) is 49.0 Å². The third-order valence-corrected chi connectivity index (χ3v) is 12.9. The van der Waals surface area contributed by atoms with Gasteiger partial charge in [0.05, 0.1) is 22.4 Å². The van der Waals surface area contributed by atoms with Crippen LogP contribution < -0.4 is 9.80 Å². The van der Waals surface area contributed by atoms with Gasteiger partial charge in [-0.2, -0.15) is 0 Å². The lowest BCUT2D eigenvalue weighted by molar-refractivity contribution is 0.590. The second-order valence-corrected chi connectivity index (χ2v) is 19.2. The highest BCUT2D eigenvalue weighted by molar-refractivity contribution is 6.32. The zero-order valence-electron chi connectivity index (χ0n) is 37.7. The smallest absolute Gasteiger partial charge is 0.0568 e. The van der Waals surface area contributed by atoms with Crippen molar-refractivity contribution in [2.75, 3.05) is 9.80 Å². The van der Waals surface area contributed by atoms with Gasteiger partial charge < -0.3 is 14.4 Å². The van der Waals surface area contributed by atoms with Crippen molar-refractivity contribution >= 4 is 77.5 Å². The first kappa shape index (κ1) is 40.0. The summed E-state index contributed by atoms with van der Waals surface area (Å²) in [5.74, 6) is 0. The lowest BCUT2D eigenvalue weighted by Gasteiger charge is -2.29. The highest BCUT2D eigenvalue weighted by atomic mass is 15.2. The molecule has 3 nitrogen and oxygen atoms in total. The quantitative estimate of drug-likeness (QED) is 0.159. The molecule has 0 saturated heterocycles. The summed E-state index contributed by atoms with van der Waals surface area (Å²) in [6, 6.07) is 69.8. The molecule has 0 fully saturated rings. The number of rotatable bonds is 7. The maximum Gasteiger partial charge on any atom is 0.0568 e. The normalized spacial score (nSPS) is 12.1. The second kappa shape index (κ2) is 15.4. The highest BCUT2D eigenvalue weighted by Crippen LogP contribution is 2.50. The molecule has 63 heavy (non-hydrogen) atoms. The standard InChI is InChI=1S/C60H55N3/c1-40-20-12-18-28-51(40)61(45-34-30-42(31-35-45)59(3,4)5)53-38-55-57(49-26-16-14-24-47(49)53)58-50-27-17-15-25-48(50)54(39-56(58)63(55)44-22-10-9-11-23-44)62(52-29-19-13-21-41(52)2)46-36-32-43(33-37-46)60(6,7)8/h9-39H,1-8H3. The average Bonchev–Trinajstić information content (AvgIpc) is 3.62. The van der Waals surface area contributed by atoms with Crippen molar-refractivity contribution in [2.45, 2.75) is 66.2 Å². The number of aryl methyl sites for hydroxylation is 2. The summed E-state index contributed by atoms with van der Waals surface area (Å²) in [5, 5.41) is 7.35.